The third-order valence-corrected chi connectivity index (χ3v) is 8.43. The van der Waals surface area contributed by atoms with Gasteiger partial charge < -0.3 is 15.1 Å². The fourth-order valence-electron chi connectivity index (χ4n) is 6.53. The standard InChI is InChI=1S/C28H32FN5O3/c29-22-10-9-17(14-24-19-6-1-2-7-20(19)26(35)32-31-24)13-21(22)27(36)33-15-18-5-4-12-34(25(18)16-33)28(37)23-8-3-11-30-23/h1-2,6-7,10,13,17-18,23,25,30H,3-5,8-9,11-12,14-16H2,(H,32,35). The van der Waals surface area contributed by atoms with Crippen molar-refractivity contribution in [2.24, 2.45) is 11.8 Å². The van der Waals surface area contributed by atoms with E-state index < -0.39 is 5.83 Å². The number of carbonyl (C=O) groups excluding carboxylic acids is 2. The molecule has 4 atom stereocenters. The number of rotatable bonds is 4. The lowest BCUT2D eigenvalue weighted by Gasteiger charge is -2.38. The second kappa shape index (κ2) is 9.85. The van der Waals surface area contributed by atoms with E-state index >= 15 is 0 Å². The molecule has 2 N–H and O–H groups in total. The molecule has 4 heterocycles. The molecule has 3 saturated heterocycles. The Bertz CT molecular complexity index is 1340. The molecule has 4 unspecified atom stereocenters. The Labute approximate surface area is 214 Å². The van der Waals surface area contributed by atoms with Gasteiger partial charge in [-0.3, -0.25) is 14.4 Å². The lowest BCUT2D eigenvalue weighted by molar-refractivity contribution is -0.137. The largest absolute Gasteiger partial charge is 0.336 e. The lowest BCUT2D eigenvalue weighted by atomic mass is 9.90. The smallest absolute Gasteiger partial charge is 0.272 e. The molecule has 1 aromatic carbocycles. The van der Waals surface area contributed by atoms with Crippen LogP contribution in [0.3, 0.4) is 0 Å². The third kappa shape index (κ3) is 4.50. The summed E-state index contributed by atoms with van der Waals surface area (Å²) in [6.07, 6.45) is 7.93. The molecule has 2 amide bonds. The van der Waals surface area contributed by atoms with Gasteiger partial charge in [0, 0.05) is 25.0 Å². The van der Waals surface area contributed by atoms with Crippen LogP contribution in [0.2, 0.25) is 0 Å². The average molecular weight is 506 g/mol. The van der Waals surface area contributed by atoms with E-state index in [1.165, 1.54) is 6.08 Å². The van der Waals surface area contributed by atoms with Crippen LogP contribution in [0.5, 0.6) is 0 Å². The third-order valence-electron chi connectivity index (χ3n) is 8.43. The Morgan fingerprint density at radius 3 is 2.76 bits per heavy atom. The molecule has 4 aliphatic rings. The normalized spacial score (nSPS) is 27.7. The van der Waals surface area contributed by atoms with Crippen molar-refractivity contribution in [1.82, 2.24) is 25.3 Å². The summed E-state index contributed by atoms with van der Waals surface area (Å²) in [5.74, 6) is -0.536. The fraction of sp³-hybridized carbons (Fsp3) is 0.500. The predicted molar refractivity (Wildman–Crippen MR) is 137 cm³/mol. The van der Waals surface area contributed by atoms with Gasteiger partial charge in [-0.25, -0.2) is 9.49 Å². The summed E-state index contributed by atoms with van der Waals surface area (Å²) >= 11 is 0. The van der Waals surface area contributed by atoms with Gasteiger partial charge in [0.2, 0.25) is 5.91 Å². The zero-order chi connectivity index (χ0) is 25.5. The van der Waals surface area contributed by atoms with Crippen LogP contribution >= 0.6 is 0 Å². The summed E-state index contributed by atoms with van der Waals surface area (Å²) in [6, 6.07) is 7.17. The molecule has 2 aromatic rings. The highest BCUT2D eigenvalue weighted by atomic mass is 19.1. The van der Waals surface area contributed by atoms with Gasteiger partial charge in [0.05, 0.1) is 28.7 Å². The number of nitrogens with zero attached hydrogens (tertiary/aromatic N) is 3. The highest BCUT2D eigenvalue weighted by molar-refractivity contribution is 5.98. The maximum atomic E-state index is 15.0. The Kier molecular flexibility index (Phi) is 6.40. The molecule has 37 heavy (non-hydrogen) atoms. The molecule has 9 heteroatoms. The second-order valence-corrected chi connectivity index (χ2v) is 10.7. The summed E-state index contributed by atoms with van der Waals surface area (Å²) in [5, 5.41) is 11.4. The van der Waals surface area contributed by atoms with Crippen molar-refractivity contribution in [3.63, 3.8) is 0 Å². The van der Waals surface area contributed by atoms with Crippen LogP contribution in [0, 0.1) is 11.8 Å². The number of piperidine rings is 1. The van der Waals surface area contributed by atoms with Crippen molar-refractivity contribution >= 4 is 22.6 Å². The van der Waals surface area contributed by atoms with E-state index in [1.54, 1.807) is 17.0 Å². The van der Waals surface area contributed by atoms with Crippen LogP contribution in [0.25, 0.3) is 10.8 Å². The Hall–Kier alpha value is -3.33. The Morgan fingerprint density at radius 2 is 1.95 bits per heavy atom. The first-order valence-electron chi connectivity index (χ1n) is 13.4. The summed E-state index contributed by atoms with van der Waals surface area (Å²) in [5.41, 5.74) is 0.576. The number of carbonyl (C=O) groups is 2. The number of amides is 2. The molecule has 3 aliphatic heterocycles. The average Bonchev–Trinajstić information content (AvgIpc) is 3.61. The molecule has 194 valence electrons. The molecule has 1 aromatic heterocycles. The molecule has 3 fully saturated rings. The lowest BCUT2D eigenvalue weighted by Crippen LogP contribution is -2.53. The number of H-pyrrole nitrogens is 1. The number of fused-ring (bicyclic) bond motifs is 2. The summed E-state index contributed by atoms with van der Waals surface area (Å²) in [7, 11) is 0. The Morgan fingerprint density at radius 1 is 1.11 bits per heavy atom. The predicted octanol–water partition coefficient (Wildman–Crippen LogP) is 2.47. The van der Waals surface area contributed by atoms with Gasteiger partial charge in [-0.15, -0.1) is 0 Å². The van der Waals surface area contributed by atoms with Gasteiger partial charge in [-0.2, -0.15) is 5.10 Å². The number of benzene rings is 1. The fourth-order valence-corrected chi connectivity index (χ4v) is 6.53. The zero-order valence-electron chi connectivity index (χ0n) is 20.8. The van der Waals surface area contributed by atoms with Crippen LogP contribution < -0.4 is 10.9 Å². The number of aromatic nitrogens is 2. The van der Waals surface area contributed by atoms with E-state index in [9.17, 15) is 18.8 Å². The maximum absolute atomic E-state index is 15.0. The van der Waals surface area contributed by atoms with Crippen LogP contribution in [0.15, 0.2) is 52.6 Å². The molecular weight excluding hydrogens is 473 g/mol. The highest BCUT2D eigenvalue weighted by Crippen LogP contribution is 2.35. The van der Waals surface area contributed by atoms with E-state index in [0.29, 0.717) is 31.3 Å². The van der Waals surface area contributed by atoms with Crippen LogP contribution in [-0.2, 0) is 16.0 Å². The first-order valence-corrected chi connectivity index (χ1v) is 13.4. The number of allylic oxidation sites excluding steroid dienone is 2. The molecule has 8 nitrogen and oxygen atoms in total. The van der Waals surface area contributed by atoms with Gasteiger partial charge >= 0.3 is 0 Å². The minimum absolute atomic E-state index is 0.00339. The summed E-state index contributed by atoms with van der Waals surface area (Å²) < 4.78 is 15.0. The zero-order valence-corrected chi connectivity index (χ0v) is 20.8. The van der Waals surface area contributed by atoms with Crippen molar-refractivity contribution in [2.45, 2.75) is 50.6 Å². The van der Waals surface area contributed by atoms with Gasteiger partial charge in [-0.05, 0) is 69.0 Å². The van der Waals surface area contributed by atoms with Crippen LogP contribution in [-0.4, -0.2) is 70.1 Å². The number of nitrogens with one attached hydrogen (secondary N) is 2. The van der Waals surface area contributed by atoms with Gasteiger partial charge in [0.15, 0.2) is 0 Å². The summed E-state index contributed by atoms with van der Waals surface area (Å²) in [6.45, 7) is 2.59. The van der Waals surface area contributed by atoms with Gasteiger partial charge in [0.1, 0.15) is 5.83 Å². The quantitative estimate of drug-likeness (QED) is 0.665. The van der Waals surface area contributed by atoms with E-state index in [2.05, 4.69) is 15.5 Å². The van der Waals surface area contributed by atoms with Crippen LogP contribution in [0.1, 0.15) is 37.8 Å². The summed E-state index contributed by atoms with van der Waals surface area (Å²) in [4.78, 5) is 42.5. The van der Waals surface area contributed by atoms with Crippen LogP contribution in [0.4, 0.5) is 4.39 Å². The first-order chi connectivity index (χ1) is 18.0. The SMILES string of the molecule is O=C(C1=CC(Cc2n[nH]c(=O)c3ccccc23)CC=C1F)N1CC2CCCN(C(=O)C3CCCN3)C2C1. The van der Waals surface area contributed by atoms with E-state index in [0.717, 1.165) is 49.9 Å². The molecule has 0 spiro atoms. The molecular formula is C28H32FN5O3. The minimum Gasteiger partial charge on any atom is -0.336 e. The van der Waals surface area contributed by atoms with Gasteiger partial charge in [0.25, 0.3) is 11.5 Å². The van der Waals surface area contributed by atoms with E-state index in [4.69, 9.17) is 0 Å². The number of likely N-dealkylation sites (tertiary alicyclic amines) is 2. The number of aromatic amines is 1. The Balaban J connectivity index is 1.19. The van der Waals surface area contributed by atoms with Crippen molar-refractivity contribution in [1.29, 1.82) is 0 Å². The first kappa shape index (κ1) is 24.0. The van der Waals surface area contributed by atoms with Crippen molar-refractivity contribution in [2.75, 3.05) is 26.2 Å². The number of halogens is 1. The monoisotopic (exact) mass is 505 g/mol. The molecule has 0 saturated carbocycles. The van der Waals surface area contributed by atoms with Crippen molar-refractivity contribution < 1.29 is 14.0 Å². The topological polar surface area (TPSA) is 98.4 Å². The maximum Gasteiger partial charge on any atom is 0.272 e. The highest BCUT2D eigenvalue weighted by Gasteiger charge is 2.44. The molecule has 0 bridgehead atoms. The van der Waals surface area contributed by atoms with Gasteiger partial charge in [-0.1, -0.05) is 24.3 Å². The minimum atomic E-state index is -0.488. The molecule has 1 aliphatic carbocycles. The van der Waals surface area contributed by atoms with E-state index in [1.807, 2.05) is 23.1 Å². The number of hydrogen-bond acceptors (Lipinski definition) is 5. The van der Waals surface area contributed by atoms with Crippen molar-refractivity contribution in [3.8, 4) is 0 Å². The number of hydrogen-bond donors (Lipinski definition) is 2. The van der Waals surface area contributed by atoms with E-state index in [-0.39, 0.29) is 46.9 Å². The molecule has 0 radical (unpaired) electrons. The second-order valence-electron chi connectivity index (χ2n) is 10.7. The molecule has 6 rings (SSSR count). The van der Waals surface area contributed by atoms with Crippen molar-refractivity contribution in [3.05, 3.63) is 63.9 Å².